The molecule has 0 saturated carbocycles. The van der Waals surface area contributed by atoms with Crippen LogP contribution in [0.1, 0.15) is 28.1 Å². The Hall–Kier alpha value is -4.01. The van der Waals surface area contributed by atoms with Crippen LogP contribution in [0.25, 0.3) is 11.8 Å². The molecule has 2 amide bonds. The molecule has 1 aliphatic heterocycles. The van der Waals surface area contributed by atoms with E-state index in [0.29, 0.717) is 12.3 Å². The topological polar surface area (TPSA) is 63.6 Å². The largest absolute Gasteiger partial charge is 0.489 e. The lowest BCUT2D eigenvalue weighted by molar-refractivity contribution is -0.122. The summed E-state index contributed by atoms with van der Waals surface area (Å²) >= 11 is 8.78. The van der Waals surface area contributed by atoms with Gasteiger partial charge in [0.1, 0.15) is 17.9 Å². The van der Waals surface area contributed by atoms with Crippen LogP contribution in [0.3, 0.4) is 0 Å². The van der Waals surface area contributed by atoms with Gasteiger partial charge < -0.3 is 9.30 Å². The first-order chi connectivity index (χ1) is 18.7. The number of nitrogens with one attached hydrogen (secondary N) is 1. The minimum Gasteiger partial charge on any atom is -0.489 e. The van der Waals surface area contributed by atoms with Gasteiger partial charge in [0, 0.05) is 21.5 Å². The summed E-state index contributed by atoms with van der Waals surface area (Å²) in [6, 6.07) is 25.3. The van der Waals surface area contributed by atoms with Crippen molar-refractivity contribution in [1.29, 1.82) is 0 Å². The summed E-state index contributed by atoms with van der Waals surface area (Å²) in [7, 11) is 0. The predicted octanol–water partition coefficient (Wildman–Crippen LogP) is 6.58. The lowest BCUT2D eigenvalue weighted by Gasteiger charge is -2.29. The molecule has 0 bridgehead atoms. The molecule has 1 fully saturated rings. The van der Waals surface area contributed by atoms with Crippen molar-refractivity contribution in [3.8, 4) is 11.4 Å². The van der Waals surface area contributed by atoms with Gasteiger partial charge in [-0.15, -0.1) is 0 Å². The number of rotatable bonds is 6. The van der Waals surface area contributed by atoms with E-state index < -0.39 is 11.8 Å². The summed E-state index contributed by atoms with van der Waals surface area (Å²) in [5, 5.41) is 2.73. The molecule has 5 rings (SSSR count). The summed E-state index contributed by atoms with van der Waals surface area (Å²) in [5.41, 5.74) is 6.31. The van der Waals surface area contributed by atoms with Crippen LogP contribution in [-0.4, -0.2) is 21.5 Å². The van der Waals surface area contributed by atoms with E-state index in [1.165, 1.54) is 4.90 Å². The van der Waals surface area contributed by atoms with Gasteiger partial charge in [0.2, 0.25) is 0 Å². The SMILES string of the molecule is Cc1cccc(N2C(=O)/C(=C/c3cc(C)n(-c4ccc(OCc5ccc(Br)cc5)cc4)c3C)C(=O)NC2=S)c1. The molecule has 196 valence electrons. The van der Waals surface area contributed by atoms with E-state index in [9.17, 15) is 9.59 Å². The van der Waals surface area contributed by atoms with E-state index in [0.717, 1.165) is 44.0 Å². The smallest absolute Gasteiger partial charge is 0.270 e. The molecule has 0 aliphatic carbocycles. The van der Waals surface area contributed by atoms with E-state index in [4.69, 9.17) is 17.0 Å². The molecule has 6 nitrogen and oxygen atoms in total. The van der Waals surface area contributed by atoms with E-state index in [2.05, 4.69) is 25.8 Å². The van der Waals surface area contributed by atoms with Gasteiger partial charge in [0.25, 0.3) is 11.8 Å². The summed E-state index contributed by atoms with van der Waals surface area (Å²) in [6.07, 6.45) is 1.64. The maximum absolute atomic E-state index is 13.4. The fourth-order valence-electron chi connectivity index (χ4n) is 4.58. The number of benzene rings is 3. The third kappa shape index (κ3) is 5.57. The number of halogens is 1. The van der Waals surface area contributed by atoms with Crippen molar-refractivity contribution in [3.05, 3.63) is 117 Å². The first kappa shape index (κ1) is 26.6. The highest BCUT2D eigenvalue weighted by Crippen LogP contribution is 2.27. The Morgan fingerprint density at radius 3 is 2.33 bits per heavy atom. The van der Waals surface area contributed by atoms with E-state index in [-0.39, 0.29) is 10.7 Å². The molecule has 1 aromatic heterocycles. The fourth-order valence-corrected chi connectivity index (χ4v) is 5.13. The van der Waals surface area contributed by atoms with Crippen molar-refractivity contribution in [2.45, 2.75) is 27.4 Å². The Bertz CT molecular complexity index is 1620. The molecule has 0 atom stereocenters. The predicted molar refractivity (Wildman–Crippen MR) is 161 cm³/mol. The van der Waals surface area contributed by atoms with Crippen molar-refractivity contribution in [2.75, 3.05) is 4.90 Å². The third-order valence-electron chi connectivity index (χ3n) is 6.55. The first-order valence-corrected chi connectivity index (χ1v) is 13.6. The molecule has 0 radical (unpaired) electrons. The van der Waals surface area contributed by atoms with E-state index in [1.807, 2.05) is 93.6 Å². The summed E-state index contributed by atoms with van der Waals surface area (Å²) in [5.74, 6) is -0.194. The van der Waals surface area contributed by atoms with Crippen LogP contribution < -0.4 is 15.0 Å². The molecule has 0 spiro atoms. The molecule has 0 unspecified atom stereocenters. The zero-order chi connectivity index (χ0) is 27.7. The number of thiocarbonyl (C=S) groups is 1. The van der Waals surface area contributed by atoms with Crippen LogP contribution in [0.15, 0.2) is 88.9 Å². The second-order valence-corrected chi connectivity index (χ2v) is 10.7. The first-order valence-electron chi connectivity index (χ1n) is 12.4. The van der Waals surface area contributed by atoms with Gasteiger partial charge in [-0.3, -0.25) is 19.8 Å². The number of aromatic nitrogens is 1. The van der Waals surface area contributed by atoms with Crippen molar-refractivity contribution in [2.24, 2.45) is 0 Å². The second-order valence-electron chi connectivity index (χ2n) is 9.37. The average molecular weight is 601 g/mol. The number of aryl methyl sites for hydroxylation is 2. The molecule has 3 aromatic carbocycles. The Balaban J connectivity index is 1.39. The summed E-state index contributed by atoms with van der Waals surface area (Å²) in [6.45, 7) is 6.37. The number of hydrogen-bond donors (Lipinski definition) is 1. The Labute approximate surface area is 241 Å². The van der Waals surface area contributed by atoms with Gasteiger partial charge in [-0.1, -0.05) is 40.2 Å². The van der Waals surface area contributed by atoms with Crippen molar-refractivity contribution in [1.82, 2.24) is 9.88 Å². The molecule has 1 aliphatic rings. The molecule has 8 heteroatoms. The highest BCUT2D eigenvalue weighted by atomic mass is 79.9. The van der Waals surface area contributed by atoms with Gasteiger partial charge >= 0.3 is 0 Å². The molecule has 39 heavy (non-hydrogen) atoms. The number of ether oxygens (including phenoxy) is 1. The number of hydrogen-bond acceptors (Lipinski definition) is 4. The fraction of sp³-hybridized carbons (Fsp3) is 0.129. The number of anilines is 1. The van der Waals surface area contributed by atoms with E-state index in [1.54, 1.807) is 12.1 Å². The minimum atomic E-state index is -0.508. The number of carbonyl (C=O) groups is 2. The van der Waals surface area contributed by atoms with Gasteiger partial charge in [-0.25, -0.2) is 0 Å². The molecule has 4 aromatic rings. The highest BCUT2D eigenvalue weighted by molar-refractivity contribution is 9.10. The average Bonchev–Trinajstić information content (AvgIpc) is 3.19. The van der Waals surface area contributed by atoms with Crippen LogP contribution >= 0.6 is 28.1 Å². The van der Waals surface area contributed by atoms with Crippen LogP contribution in [0.2, 0.25) is 0 Å². The minimum absolute atomic E-state index is 0.0297. The Morgan fingerprint density at radius 2 is 1.64 bits per heavy atom. The Kier molecular flexibility index (Phi) is 7.50. The molecule has 1 saturated heterocycles. The summed E-state index contributed by atoms with van der Waals surface area (Å²) < 4.78 is 9.06. The zero-order valence-electron chi connectivity index (χ0n) is 21.7. The second kappa shape index (κ2) is 11.0. The quantitative estimate of drug-likeness (QED) is 0.154. The number of amides is 2. The maximum Gasteiger partial charge on any atom is 0.270 e. The zero-order valence-corrected chi connectivity index (χ0v) is 24.1. The molecule has 2 heterocycles. The normalized spacial score (nSPS) is 14.6. The van der Waals surface area contributed by atoms with Gasteiger partial charge in [-0.05, 0) is 110 Å². The van der Waals surface area contributed by atoms with Gasteiger partial charge in [0.15, 0.2) is 5.11 Å². The lowest BCUT2D eigenvalue weighted by atomic mass is 10.1. The highest BCUT2D eigenvalue weighted by Gasteiger charge is 2.34. The van der Waals surface area contributed by atoms with Crippen LogP contribution in [-0.2, 0) is 16.2 Å². The van der Waals surface area contributed by atoms with Crippen molar-refractivity contribution >= 4 is 56.8 Å². The monoisotopic (exact) mass is 599 g/mol. The molecule has 1 N–H and O–H groups in total. The van der Waals surface area contributed by atoms with Crippen LogP contribution in [0.4, 0.5) is 5.69 Å². The van der Waals surface area contributed by atoms with Crippen molar-refractivity contribution in [3.63, 3.8) is 0 Å². The standard InChI is InChI=1S/C31H26BrN3O3S/c1-19-5-4-6-26(15-19)35-30(37)28(29(36)33-31(35)39)17-23-16-20(2)34(21(23)3)25-11-13-27(14-12-25)38-18-22-7-9-24(32)10-8-22/h4-17H,18H2,1-3H3,(H,33,36,39)/b28-17+. The van der Waals surface area contributed by atoms with Crippen LogP contribution in [0, 0.1) is 20.8 Å². The number of carbonyl (C=O) groups excluding carboxylic acids is 2. The summed E-state index contributed by atoms with van der Waals surface area (Å²) in [4.78, 5) is 27.6. The molecular formula is C31H26BrN3O3S. The third-order valence-corrected chi connectivity index (χ3v) is 7.36. The Morgan fingerprint density at radius 1 is 0.923 bits per heavy atom. The maximum atomic E-state index is 13.4. The van der Waals surface area contributed by atoms with Gasteiger partial charge in [-0.2, -0.15) is 0 Å². The number of nitrogens with zero attached hydrogens (tertiary/aromatic N) is 2. The van der Waals surface area contributed by atoms with E-state index >= 15 is 0 Å². The molecular weight excluding hydrogens is 574 g/mol. The van der Waals surface area contributed by atoms with Crippen molar-refractivity contribution < 1.29 is 14.3 Å². The van der Waals surface area contributed by atoms with Crippen LogP contribution in [0.5, 0.6) is 5.75 Å². The van der Waals surface area contributed by atoms with Gasteiger partial charge in [0.05, 0.1) is 5.69 Å². The lowest BCUT2D eigenvalue weighted by Crippen LogP contribution is -2.54.